The molecular weight excluding hydrogens is 273 g/mol. The molecule has 4 N–H and O–H groups in total. The molecule has 8 heteroatoms. The molecule has 1 aromatic rings. The molecule has 1 aliphatic heterocycles. The highest BCUT2D eigenvalue weighted by Crippen LogP contribution is 2.38. The van der Waals surface area contributed by atoms with Crippen LogP contribution in [0.15, 0.2) is 21.3 Å². The molecule has 1 aromatic heterocycles. The van der Waals surface area contributed by atoms with E-state index in [0.29, 0.717) is 11.0 Å². The third-order valence-corrected chi connectivity index (χ3v) is 3.98. The highest BCUT2D eigenvalue weighted by Gasteiger charge is 2.52. The van der Waals surface area contributed by atoms with Gasteiger partial charge in [-0.25, -0.2) is 4.79 Å². The maximum absolute atomic E-state index is 11.7. The van der Waals surface area contributed by atoms with E-state index in [0.717, 1.165) is 0 Å². The van der Waals surface area contributed by atoms with Crippen molar-refractivity contribution in [3.63, 3.8) is 0 Å². The van der Waals surface area contributed by atoms with Gasteiger partial charge in [-0.2, -0.15) is 0 Å². The summed E-state index contributed by atoms with van der Waals surface area (Å²) >= 11 is 0. The molecule has 0 bridgehead atoms. The Morgan fingerprint density at radius 3 is 2.33 bits per heavy atom. The first-order valence-corrected chi connectivity index (χ1v) is 6.74. The van der Waals surface area contributed by atoms with Gasteiger partial charge in [0.15, 0.2) is 0 Å². The van der Waals surface area contributed by atoms with E-state index >= 15 is 0 Å². The van der Waals surface area contributed by atoms with E-state index in [4.69, 9.17) is 15.0 Å². The lowest BCUT2D eigenvalue weighted by atomic mass is 9.77. The van der Waals surface area contributed by atoms with E-state index < -0.39 is 29.6 Å². The molecule has 1 aliphatic rings. The summed E-state index contributed by atoms with van der Waals surface area (Å²) < 4.78 is 11.8. The van der Waals surface area contributed by atoms with Gasteiger partial charge in [0.05, 0.1) is 16.8 Å². The molecule has 0 spiro atoms. The van der Waals surface area contributed by atoms with Gasteiger partial charge in [-0.05, 0) is 33.2 Å². The van der Waals surface area contributed by atoms with E-state index in [9.17, 15) is 9.59 Å². The van der Waals surface area contributed by atoms with Crippen molar-refractivity contribution in [2.45, 2.75) is 38.9 Å². The third kappa shape index (κ3) is 3.02. The molecule has 1 saturated heterocycles. The average Bonchev–Trinajstić information content (AvgIpc) is 2.57. The van der Waals surface area contributed by atoms with Crippen LogP contribution in [-0.2, 0) is 9.31 Å². The molecule has 1 fully saturated rings. The van der Waals surface area contributed by atoms with Crippen LogP contribution < -0.4 is 17.0 Å². The van der Waals surface area contributed by atoms with Gasteiger partial charge in [-0.15, -0.1) is 0 Å². The average molecular weight is 293 g/mol. The summed E-state index contributed by atoms with van der Waals surface area (Å²) in [6.45, 7) is 7.93. The second-order valence-corrected chi connectivity index (χ2v) is 6.04. The van der Waals surface area contributed by atoms with Gasteiger partial charge in [-0.3, -0.25) is 9.78 Å². The molecule has 0 radical (unpaired) electrons. The van der Waals surface area contributed by atoms with Crippen molar-refractivity contribution in [3.8, 4) is 0 Å². The Morgan fingerprint density at radius 2 is 1.86 bits per heavy atom. The molecule has 7 nitrogen and oxygen atoms in total. The summed E-state index contributed by atoms with van der Waals surface area (Å²) in [5, 5.41) is 0. The van der Waals surface area contributed by atoms with Crippen LogP contribution in [0, 0.1) is 0 Å². The minimum Gasteiger partial charge on any atom is -0.400 e. The fraction of sp³-hybridized carbons (Fsp3) is 0.538. The van der Waals surface area contributed by atoms with Gasteiger partial charge >= 0.3 is 12.8 Å². The Labute approximate surface area is 122 Å². The first-order valence-electron chi connectivity index (χ1n) is 6.74. The lowest BCUT2D eigenvalue weighted by molar-refractivity contribution is 0.00578. The topological polar surface area (TPSA) is 110 Å². The predicted octanol–water partition coefficient (Wildman–Crippen LogP) is 0.0367. The van der Waals surface area contributed by atoms with Crippen LogP contribution in [0.1, 0.15) is 33.3 Å². The Morgan fingerprint density at radius 1 is 1.29 bits per heavy atom. The van der Waals surface area contributed by atoms with Crippen LogP contribution in [0.3, 0.4) is 0 Å². The monoisotopic (exact) mass is 293 g/mol. The van der Waals surface area contributed by atoms with Crippen molar-refractivity contribution in [3.05, 3.63) is 38.1 Å². The largest absolute Gasteiger partial charge is 0.491 e. The van der Waals surface area contributed by atoms with Crippen molar-refractivity contribution in [2.75, 3.05) is 6.54 Å². The van der Waals surface area contributed by atoms with E-state index in [2.05, 4.69) is 9.97 Å². The number of H-pyrrole nitrogens is 2. The van der Waals surface area contributed by atoms with Gasteiger partial charge in [0.1, 0.15) is 0 Å². The van der Waals surface area contributed by atoms with Crippen molar-refractivity contribution < 1.29 is 9.31 Å². The van der Waals surface area contributed by atoms with E-state index in [1.54, 1.807) is 6.08 Å². The van der Waals surface area contributed by atoms with E-state index in [1.807, 2.05) is 27.7 Å². The summed E-state index contributed by atoms with van der Waals surface area (Å²) in [5.41, 5.74) is 4.67. The summed E-state index contributed by atoms with van der Waals surface area (Å²) in [5.74, 6) is 0. The summed E-state index contributed by atoms with van der Waals surface area (Å²) in [4.78, 5) is 27.3. The van der Waals surface area contributed by atoms with Crippen molar-refractivity contribution in [1.82, 2.24) is 9.97 Å². The Hall–Kier alpha value is -1.64. The van der Waals surface area contributed by atoms with Crippen LogP contribution in [0.25, 0.3) is 6.08 Å². The van der Waals surface area contributed by atoms with Gasteiger partial charge in [-0.1, -0.05) is 6.08 Å². The first kappa shape index (κ1) is 15.7. The van der Waals surface area contributed by atoms with Crippen LogP contribution in [0.5, 0.6) is 0 Å². The second-order valence-electron chi connectivity index (χ2n) is 6.04. The number of nitrogens with two attached hydrogens (primary N) is 1. The number of nitrogens with one attached hydrogen (secondary N) is 2. The summed E-state index contributed by atoms with van der Waals surface area (Å²) in [7, 11) is -0.619. The Balaban J connectivity index is 2.35. The zero-order chi connectivity index (χ0) is 15.8. The van der Waals surface area contributed by atoms with Gasteiger partial charge in [0.2, 0.25) is 0 Å². The zero-order valence-electron chi connectivity index (χ0n) is 12.6. The number of hydrogen-bond acceptors (Lipinski definition) is 5. The van der Waals surface area contributed by atoms with Gasteiger partial charge in [0, 0.05) is 12.7 Å². The summed E-state index contributed by atoms with van der Waals surface area (Å²) in [6, 6.07) is 0. The third-order valence-electron chi connectivity index (χ3n) is 3.98. The molecule has 2 rings (SSSR count). The number of hydrogen-bond donors (Lipinski definition) is 3. The lowest BCUT2D eigenvalue weighted by Gasteiger charge is -2.32. The van der Waals surface area contributed by atoms with Gasteiger partial charge < -0.3 is 20.0 Å². The zero-order valence-corrected chi connectivity index (χ0v) is 12.6. The highest BCUT2D eigenvalue weighted by atomic mass is 16.7. The van der Waals surface area contributed by atoms with Crippen LogP contribution in [-0.4, -0.2) is 34.8 Å². The maximum atomic E-state index is 11.7. The van der Waals surface area contributed by atoms with Crippen LogP contribution in [0.4, 0.5) is 0 Å². The molecule has 0 atom stereocenters. The molecule has 21 heavy (non-hydrogen) atoms. The maximum Gasteiger partial charge on any atom is 0.491 e. The first-order chi connectivity index (χ1) is 9.66. The smallest absolute Gasteiger partial charge is 0.400 e. The molecule has 0 aliphatic carbocycles. The number of rotatable bonds is 3. The minimum absolute atomic E-state index is 0.176. The molecular formula is C13H20BN3O4. The lowest BCUT2D eigenvalue weighted by Crippen LogP contribution is -2.41. The van der Waals surface area contributed by atoms with E-state index in [1.165, 1.54) is 6.20 Å². The van der Waals surface area contributed by atoms with Crippen LogP contribution in [0.2, 0.25) is 0 Å². The van der Waals surface area contributed by atoms with Crippen LogP contribution >= 0.6 is 0 Å². The molecule has 2 heterocycles. The van der Waals surface area contributed by atoms with Crippen molar-refractivity contribution in [2.24, 2.45) is 5.73 Å². The molecule has 0 saturated carbocycles. The van der Waals surface area contributed by atoms with Crippen molar-refractivity contribution in [1.29, 1.82) is 0 Å². The van der Waals surface area contributed by atoms with Crippen molar-refractivity contribution >= 4 is 13.2 Å². The molecule has 0 amide bonds. The summed E-state index contributed by atoms with van der Waals surface area (Å²) in [6.07, 6.45) is 2.92. The minimum atomic E-state index is -0.619. The fourth-order valence-electron chi connectivity index (χ4n) is 1.94. The predicted molar refractivity (Wildman–Crippen MR) is 80.8 cm³/mol. The molecule has 0 unspecified atom stereocenters. The Kier molecular flexibility index (Phi) is 3.96. The highest BCUT2D eigenvalue weighted by molar-refractivity contribution is 6.55. The van der Waals surface area contributed by atoms with E-state index in [-0.39, 0.29) is 6.54 Å². The Bertz CT molecular complexity index is 658. The molecule has 0 aromatic carbocycles. The SMILES string of the molecule is CC1(C)OB(C(=Cc2c[nH]c(=O)[nH]c2=O)CN)OC1(C)C. The number of aromatic amines is 2. The number of aromatic nitrogens is 2. The quantitative estimate of drug-likeness (QED) is 0.681. The molecule has 114 valence electrons. The fourth-order valence-corrected chi connectivity index (χ4v) is 1.94. The second kappa shape index (κ2) is 5.29. The normalized spacial score (nSPS) is 20.8. The standard InChI is InChI=1S/C13H20BN3O4/c1-12(2)13(3,4)21-14(20-12)9(6-15)5-8-7-16-11(19)17-10(8)18/h5,7H,6,15H2,1-4H3,(H2,16,17,18,19). The van der Waals surface area contributed by atoms with Gasteiger partial charge in [0.25, 0.3) is 5.56 Å².